The average Bonchev–Trinajstić information content (AvgIpc) is 2.27. The summed E-state index contributed by atoms with van der Waals surface area (Å²) in [7, 11) is 0. The van der Waals surface area contributed by atoms with E-state index in [0.717, 1.165) is 19.0 Å². The molecular formula is C15H33N3. The lowest BCUT2D eigenvalue weighted by Gasteiger charge is -2.28. The molecule has 0 aromatic heterocycles. The highest BCUT2D eigenvalue weighted by molar-refractivity contribution is 5.80. The number of hydrogen-bond donors (Lipinski definition) is 1. The molecule has 1 N–H and O–H groups in total. The molecule has 0 aliphatic rings. The molecule has 108 valence electrons. The Morgan fingerprint density at radius 1 is 1.00 bits per heavy atom. The molecule has 0 aliphatic carbocycles. The topological polar surface area (TPSA) is 27.6 Å². The Hall–Kier alpha value is -0.730. The molecule has 0 heterocycles. The average molecular weight is 255 g/mol. The molecule has 0 unspecified atom stereocenters. The second-order valence-corrected chi connectivity index (χ2v) is 5.54. The van der Waals surface area contributed by atoms with Gasteiger partial charge >= 0.3 is 0 Å². The van der Waals surface area contributed by atoms with Gasteiger partial charge in [-0.1, -0.05) is 26.7 Å². The number of rotatable bonds is 8. The molecule has 0 saturated heterocycles. The van der Waals surface area contributed by atoms with E-state index in [2.05, 4.69) is 51.8 Å². The summed E-state index contributed by atoms with van der Waals surface area (Å²) in [5, 5.41) is 3.50. The summed E-state index contributed by atoms with van der Waals surface area (Å²) >= 11 is 0. The second-order valence-electron chi connectivity index (χ2n) is 5.54. The number of nitrogens with one attached hydrogen (secondary N) is 1. The van der Waals surface area contributed by atoms with Crippen LogP contribution in [0.25, 0.3) is 0 Å². The summed E-state index contributed by atoms with van der Waals surface area (Å²) in [6, 6.07) is 0.783. The number of guanidine groups is 1. The zero-order valence-electron chi connectivity index (χ0n) is 13.3. The monoisotopic (exact) mass is 255 g/mol. The van der Waals surface area contributed by atoms with E-state index in [4.69, 9.17) is 4.99 Å². The molecular weight excluding hydrogens is 222 g/mol. The largest absolute Gasteiger partial charge is 0.354 e. The quantitative estimate of drug-likeness (QED) is 0.529. The van der Waals surface area contributed by atoms with Gasteiger partial charge in [0.15, 0.2) is 5.96 Å². The Bertz CT molecular complexity index is 214. The van der Waals surface area contributed by atoms with Crippen molar-refractivity contribution in [3.63, 3.8) is 0 Å². The van der Waals surface area contributed by atoms with Crippen LogP contribution in [0.2, 0.25) is 0 Å². The smallest absolute Gasteiger partial charge is 0.194 e. The fraction of sp³-hybridized carbons (Fsp3) is 0.933. The van der Waals surface area contributed by atoms with E-state index in [1.165, 1.54) is 25.7 Å². The van der Waals surface area contributed by atoms with Crippen LogP contribution in [-0.4, -0.2) is 36.0 Å². The zero-order valence-corrected chi connectivity index (χ0v) is 13.3. The fourth-order valence-corrected chi connectivity index (χ4v) is 1.73. The van der Waals surface area contributed by atoms with Gasteiger partial charge in [-0.05, 0) is 40.5 Å². The van der Waals surface area contributed by atoms with Crippen LogP contribution >= 0.6 is 0 Å². The van der Waals surface area contributed by atoms with Crippen LogP contribution in [0.5, 0.6) is 0 Å². The first-order valence-corrected chi connectivity index (χ1v) is 7.60. The molecule has 3 nitrogen and oxygen atoms in total. The summed E-state index contributed by atoms with van der Waals surface area (Å²) in [6.45, 7) is 15.3. The molecule has 0 aromatic rings. The SMILES string of the molecule is CCCCN(CCCC)C(=NC(C)C)NC(C)C. The molecule has 0 rings (SSSR count). The highest BCUT2D eigenvalue weighted by Gasteiger charge is 2.12. The van der Waals surface area contributed by atoms with Gasteiger partial charge in [-0.15, -0.1) is 0 Å². The third-order valence-corrected chi connectivity index (χ3v) is 2.66. The summed E-state index contributed by atoms with van der Waals surface area (Å²) in [6.07, 6.45) is 4.94. The lowest BCUT2D eigenvalue weighted by atomic mass is 10.2. The lowest BCUT2D eigenvalue weighted by molar-refractivity contribution is 0.378. The predicted octanol–water partition coefficient (Wildman–Crippen LogP) is 3.65. The van der Waals surface area contributed by atoms with Crippen molar-refractivity contribution in [2.45, 2.75) is 79.3 Å². The van der Waals surface area contributed by atoms with Gasteiger partial charge in [0.1, 0.15) is 0 Å². The van der Waals surface area contributed by atoms with Gasteiger partial charge in [-0.25, -0.2) is 0 Å². The second kappa shape index (κ2) is 10.2. The Morgan fingerprint density at radius 3 is 1.83 bits per heavy atom. The molecule has 0 aromatic carbocycles. The van der Waals surface area contributed by atoms with E-state index in [1.54, 1.807) is 0 Å². The minimum atomic E-state index is 0.344. The summed E-state index contributed by atoms with van der Waals surface area (Å²) in [5.41, 5.74) is 0. The molecule has 0 aliphatic heterocycles. The summed E-state index contributed by atoms with van der Waals surface area (Å²) in [5.74, 6) is 1.09. The third-order valence-electron chi connectivity index (χ3n) is 2.66. The summed E-state index contributed by atoms with van der Waals surface area (Å²) < 4.78 is 0. The Kier molecular flexibility index (Phi) is 9.80. The Morgan fingerprint density at radius 2 is 1.50 bits per heavy atom. The van der Waals surface area contributed by atoms with Crippen molar-refractivity contribution in [1.82, 2.24) is 10.2 Å². The number of unbranched alkanes of at least 4 members (excludes halogenated alkanes) is 2. The Labute approximate surface area is 114 Å². The van der Waals surface area contributed by atoms with Crippen molar-refractivity contribution in [1.29, 1.82) is 0 Å². The van der Waals surface area contributed by atoms with E-state index in [0.29, 0.717) is 12.1 Å². The minimum absolute atomic E-state index is 0.344. The van der Waals surface area contributed by atoms with Crippen molar-refractivity contribution in [2.75, 3.05) is 13.1 Å². The van der Waals surface area contributed by atoms with Crippen LogP contribution in [0.15, 0.2) is 4.99 Å². The number of nitrogens with zero attached hydrogens (tertiary/aromatic N) is 2. The van der Waals surface area contributed by atoms with Gasteiger partial charge in [-0.3, -0.25) is 4.99 Å². The van der Waals surface area contributed by atoms with Crippen LogP contribution in [0.1, 0.15) is 67.2 Å². The van der Waals surface area contributed by atoms with E-state index >= 15 is 0 Å². The van der Waals surface area contributed by atoms with Crippen LogP contribution in [0, 0.1) is 0 Å². The maximum absolute atomic E-state index is 4.75. The van der Waals surface area contributed by atoms with Crippen molar-refractivity contribution >= 4 is 5.96 Å². The molecule has 0 spiro atoms. The van der Waals surface area contributed by atoms with Gasteiger partial charge in [0.25, 0.3) is 0 Å². The standard InChI is InChI=1S/C15H33N3/c1-7-9-11-18(12-10-8-2)15(16-13(3)4)17-14(5)6/h13-14H,7-12H2,1-6H3,(H,16,17). The van der Waals surface area contributed by atoms with Crippen LogP contribution in [0.4, 0.5) is 0 Å². The van der Waals surface area contributed by atoms with Crippen LogP contribution in [0.3, 0.4) is 0 Å². The number of hydrogen-bond acceptors (Lipinski definition) is 1. The first-order chi connectivity index (χ1) is 8.51. The van der Waals surface area contributed by atoms with E-state index in [9.17, 15) is 0 Å². The van der Waals surface area contributed by atoms with Gasteiger partial charge in [0, 0.05) is 25.2 Å². The fourth-order valence-electron chi connectivity index (χ4n) is 1.73. The molecule has 0 amide bonds. The van der Waals surface area contributed by atoms with Gasteiger partial charge in [0.2, 0.25) is 0 Å². The first kappa shape index (κ1) is 17.3. The zero-order chi connectivity index (χ0) is 14.0. The third kappa shape index (κ3) is 8.37. The molecule has 18 heavy (non-hydrogen) atoms. The molecule has 3 heteroatoms. The maximum Gasteiger partial charge on any atom is 0.194 e. The van der Waals surface area contributed by atoms with Crippen molar-refractivity contribution in [3.8, 4) is 0 Å². The summed E-state index contributed by atoms with van der Waals surface area (Å²) in [4.78, 5) is 7.18. The first-order valence-electron chi connectivity index (χ1n) is 7.60. The number of aliphatic imine (C=N–C) groups is 1. The maximum atomic E-state index is 4.75. The van der Waals surface area contributed by atoms with Crippen LogP contribution < -0.4 is 5.32 Å². The molecule has 0 atom stereocenters. The van der Waals surface area contributed by atoms with E-state index in [1.807, 2.05) is 0 Å². The van der Waals surface area contributed by atoms with Gasteiger partial charge in [-0.2, -0.15) is 0 Å². The molecule has 0 fully saturated rings. The van der Waals surface area contributed by atoms with Gasteiger partial charge < -0.3 is 10.2 Å². The van der Waals surface area contributed by atoms with Crippen molar-refractivity contribution in [3.05, 3.63) is 0 Å². The van der Waals surface area contributed by atoms with Crippen LogP contribution in [-0.2, 0) is 0 Å². The normalized spacial score (nSPS) is 12.3. The molecule has 0 radical (unpaired) electrons. The molecule has 0 bridgehead atoms. The molecule has 0 saturated carbocycles. The highest BCUT2D eigenvalue weighted by Crippen LogP contribution is 2.02. The van der Waals surface area contributed by atoms with Crippen molar-refractivity contribution < 1.29 is 0 Å². The minimum Gasteiger partial charge on any atom is -0.354 e. The van der Waals surface area contributed by atoms with E-state index < -0.39 is 0 Å². The lowest BCUT2D eigenvalue weighted by Crippen LogP contribution is -2.45. The Balaban J connectivity index is 4.70. The highest BCUT2D eigenvalue weighted by atomic mass is 15.3. The van der Waals surface area contributed by atoms with E-state index in [-0.39, 0.29) is 0 Å². The predicted molar refractivity (Wildman–Crippen MR) is 82.2 cm³/mol. The van der Waals surface area contributed by atoms with Gasteiger partial charge in [0.05, 0.1) is 0 Å². The van der Waals surface area contributed by atoms with Crippen molar-refractivity contribution in [2.24, 2.45) is 4.99 Å².